The van der Waals surface area contributed by atoms with Crippen LogP contribution in [0, 0.1) is 5.41 Å². The summed E-state index contributed by atoms with van der Waals surface area (Å²) >= 11 is 1.77. The van der Waals surface area contributed by atoms with Gasteiger partial charge in [0.05, 0.1) is 6.61 Å². The molecular weight excluding hydrogens is 144 g/mol. The quantitative estimate of drug-likeness (QED) is 0.580. The molecule has 0 aromatic rings. The van der Waals surface area contributed by atoms with Crippen molar-refractivity contribution in [3.63, 3.8) is 0 Å². The predicted molar refractivity (Wildman–Crippen MR) is 47.0 cm³/mol. The van der Waals surface area contributed by atoms with Crippen LogP contribution >= 0.6 is 11.8 Å². The lowest BCUT2D eigenvalue weighted by Gasteiger charge is -2.16. The van der Waals surface area contributed by atoms with Crippen LogP contribution < -0.4 is 0 Å². The van der Waals surface area contributed by atoms with E-state index in [4.69, 9.17) is 0 Å². The fourth-order valence-electron chi connectivity index (χ4n) is 0.539. The Labute approximate surface area is 68.2 Å². The van der Waals surface area contributed by atoms with Crippen LogP contribution in [-0.2, 0) is 5.11 Å². The first kappa shape index (κ1) is 10.3. The van der Waals surface area contributed by atoms with Gasteiger partial charge in [0, 0.05) is 5.75 Å². The first-order chi connectivity index (χ1) is 4.56. The highest BCUT2D eigenvalue weighted by molar-refractivity contribution is 7.99. The molecule has 0 aliphatic carbocycles. The number of rotatable bonds is 4. The van der Waals surface area contributed by atoms with E-state index < -0.39 is 0 Å². The van der Waals surface area contributed by atoms with Gasteiger partial charge >= 0.3 is 0 Å². The zero-order chi connectivity index (χ0) is 8.04. The van der Waals surface area contributed by atoms with E-state index in [0.29, 0.717) is 5.41 Å². The van der Waals surface area contributed by atoms with Crippen LogP contribution in [0.25, 0.3) is 0 Å². The maximum absolute atomic E-state index is 10.0. The average Bonchev–Trinajstić information content (AvgIpc) is 1.78. The highest BCUT2D eigenvalue weighted by Gasteiger charge is 2.08. The molecule has 0 aliphatic heterocycles. The van der Waals surface area contributed by atoms with E-state index in [1.54, 1.807) is 11.8 Å². The van der Waals surface area contributed by atoms with Crippen molar-refractivity contribution in [3.8, 4) is 0 Å². The standard InChI is InChI=1S/C8H17OS/c1-8(2,3)4-6-10-7-5-9/h4-7H2,1-3H3. The number of thioether (sulfide) groups is 1. The first-order valence-electron chi connectivity index (χ1n) is 3.72. The molecule has 0 bridgehead atoms. The van der Waals surface area contributed by atoms with Crippen LogP contribution in [-0.4, -0.2) is 18.1 Å². The van der Waals surface area contributed by atoms with Crippen LogP contribution in [0.1, 0.15) is 27.2 Å². The third kappa shape index (κ3) is 8.31. The van der Waals surface area contributed by atoms with Gasteiger partial charge < -0.3 is 0 Å². The molecule has 0 rings (SSSR count). The van der Waals surface area contributed by atoms with Gasteiger partial charge in [-0.3, -0.25) is 0 Å². The summed E-state index contributed by atoms with van der Waals surface area (Å²) in [7, 11) is 0. The van der Waals surface area contributed by atoms with Crippen molar-refractivity contribution in [2.24, 2.45) is 5.41 Å². The van der Waals surface area contributed by atoms with Crippen LogP contribution in [0.4, 0.5) is 0 Å². The van der Waals surface area contributed by atoms with E-state index in [1.807, 2.05) is 0 Å². The number of hydrogen-bond donors (Lipinski definition) is 0. The van der Waals surface area contributed by atoms with Crippen molar-refractivity contribution < 1.29 is 5.11 Å². The highest BCUT2D eigenvalue weighted by Crippen LogP contribution is 2.20. The fraction of sp³-hybridized carbons (Fsp3) is 1.00. The Balaban J connectivity index is 3.04. The molecule has 0 heterocycles. The van der Waals surface area contributed by atoms with Gasteiger partial charge in [0.15, 0.2) is 0 Å². The maximum Gasteiger partial charge on any atom is 0.0912 e. The second kappa shape index (κ2) is 5.03. The van der Waals surface area contributed by atoms with E-state index in [0.717, 1.165) is 11.5 Å². The van der Waals surface area contributed by atoms with E-state index in [-0.39, 0.29) is 6.61 Å². The largest absolute Gasteiger partial charge is 0.236 e. The Morgan fingerprint density at radius 2 is 1.80 bits per heavy atom. The molecule has 1 radical (unpaired) electrons. The molecular formula is C8H17OS. The van der Waals surface area contributed by atoms with Gasteiger partial charge in [-0.1, -0.05) is 20.8 Å². The SMILES string of the molecule is CC(C)(C)CCSCC[O]. The molecule has 10 heavy (non-hydrogen) atoms. The van der Waals surface area contributed by atoms with Gasteiger partial charge in [0.25, 0.3) is 0 Å². The molecule has 0 amide bonds. The zero-order valence-electron chi connectivity index (χ0n) is 7.14. The molecule has 0 aromatic heterocycles. The van der Waals surface area contributed by atoms with Crippen LogP contribution in [0.3, 0.4) is 0 Å². The monoisotopic (exact) mass is 161 g/mol. The molecule has 0 atom stereocenters. The second-order valence-electron chi connectivity index (χ2n) is 3.63. The predicted octanol–water partition coefficient (Wildman–Crippen LogP) is 2.59. The zero-order valence-corrected chi connectivity index (χ0v) is 7.96. The van der Waals surface area contributed by atoms with Crippen molar-refractivity contribution in [1.29, 1.82) is 0 Å². The normalized spacial score (nSPS) is 12.0. The third-order valence-corrected chi connectivity index (χ3v) is 2.17. The lowest BCUT2D eigenvalue weighted by Crippen LogP contribution is -2.06. The summed E-state index contributed by atoms with van der Waals surface area (Å²) in [6.45, 7) is 6.75. The Kier molecular flexibility index (Phi) is 5.18. The van der Waals surface area contributed by atoms with Crippen molar-refractivity contribution in [2.45, 2.75) is 27.2 Å². The molecule has 0 unspecified atom stereocenters. The summed E-state index contributed by atoms with van der Waals surface area (Å²) in [6, 6.07) is 0. The molecule has 1 nitrogen and oxygen atoms in total. The van der Waals surface area contributed by atoms with Gasteiger partial charge in [0.2, 0.25) is 0 Å². The fourth-order valence-corrected chi connectivity index (χ4v) is 1.62. The highest BCUT2D eigenvalue weighted by atomic mass is 32.2. The summed E-state index contributed by atoms with van der Waals surface area (Å²) in [5, 5.41) is 10.0. The van der Waals surface area contributed by atoms with Crippen LogP contribution in [0.5, 0.6) is 0 Å². The molecule has 0 aliphatic rings. The maximum atomic E-state index is 10.0. The van der Waals surface area contributed by atoms with E-state index in [2.05, 4.69) is 20.8 Å². The summed E-state index contributed by atoms with van der Waals surface area (Å²) in [6.07, 6.45) is 1.21. The average molecular weight is 161 g/mol. The van der Waals surface area contributed by atoms with Crippen molar-refractivity contribution in [3.05, 3.63) is 0 Å². The molecule has 0 saturated carbocycles. The summed E-state index contributed by atoms with van der Waals surface area (Å²) in [5.41, 5.74) is 0.426. The van der Waals surface area contributed by atoms with Gasteiger partial charge in [-0.15, -0.1) is 0 Å². The topological polar surface area (TPSA) is 19.9 Å². The minimum atomic E-state index is 0.0643. The first-order valence-corrected chi connectivity index (χ1v) is 4.87. The van der Waals surface area contributed by atoms with Crippen molar-refractivity contribution >= 4 is 11.8 Å². The lowest BCUT2D eigenvalue weighted by molar-refractivity contribution is 0.215. The van der Waals surface area contributed by atoms with Gasteiger partial charge in [-0.05, 0) is 17.6 Å². The van der Waals surface area contributed by atoms with Crippen molar-refractivity contribution in [2.75, 3.05) is 18.1 Å². The van der Waals surface area contributed by atoms with E-state index >= 15 is 0 Å². The Hall–Kier alpha value is 0.310. The molecule has 0 spiro atoms. The summed E-state index contributed by atoms with van der Waals surface area (Å²) < 4.78 is 0. The molecule has 61 valence electrons. The molecule has 0 N–H and O–H groups in total. The Bertz CT molecular complexity index is 75.8. The Morgan fingerprint density at radius 3 is 2.20 bits per heavy atom. The lowest BCUT2D eigenvalue weighted by atomic mass is 9.94. The van der Waals surface area contributed by atoms with Gasteiger partial charge in [-0.2, -0.15) is 11.8 Å². The van der Waals surface area contributed by atoms with E-state index in [9.17, 15) is 5.11 Å². The van der Waals surface area contributed by atoms with Crippen LogP contribution in [0.15, 0.2) is 0 Å². The molecule has 0 saturated heterocycles. The second-order valence-corrected chi connectivity index (χ2v) is 4.85. The van der Waals surface area contributed by atoms with Crippen LogP contribution in [0.2, 0.25) is 0 Å². The summed E-state index contributed by atoms with van der Waals surface area (Å²) in [5.74, 6) is 1.90. The molecule has 2 heteroatoms. The minimum absolute atomic E-state index is 0.0643. The Morgan fingerprint density at radius 1 is 1.20 bits per heavy atom. The summed E-state index contributed by atoms with van der Waals surface area (Å²) in [4.78, 5) is 0. The molecule has 0 fully saturated rings. The van der Waals surface area contributed by atoms with Gasteiger partial charge in [0.1, 0.15) is 0 Å². The minimum Gasteiger partial charge on any atom is -0.236 e. The van der Waals surface area contributed by atoms with Crippen molar-refractivity contribution in [1.82, 2.24) is 0 Å². The van der Waals surface area contributed by atoms with E-state index in [1.165, 1.54) is 6.42 Å². The van der Waals surface area contributed by atoms with Gasteiger partial charge in [-0.25, -0.2) is 5.11 Å². The number of hydrogen-bond acceptors (Lipinski definition) is 1. The smallest absolute Gasteiger partial charge is 0.0912 e. The molecule has 0 aromatic carbocycles. The third-order valence-electron chi connectivity index (χ3n) is 1.22.